The normalized spacial score (nSPS) is 11.1. The Bertz CT molecular complexity index is 1040. The van der Waals surface area contributed by atoms with E-state index < -0.39 is 0 Å². The maximum absolute atomic E-state index is 13.3. The van der Waals surface area contributed by atoms with Crippen LogP contribution in [0.1, 0.15) is 35.7 Å². The number of rotatable bonds is 9. The molecule has 0 unspecified atom stereocenters. The van der Waals surface area contributed by atoms with Crippen LogP contribution in [-0.2, 0) is 16.1 Å². The molecule has 0 N–H and O–H groups in total. The van der Waals surface area contributed by atoms with Gasteiger partial charge in [-0.25, -0.2) is 0 Å². The fourth-order valence-corrected chi connectivity index (χ4v) is 3.47. The van der Waals surface area contributed by atoms with Gasteiger partial charge in [0, 0.05) is 25.3 Å². The van der Waals surface area contributed by atoms with Gasteiger partial charge in [0.15, 0.2) is 0 Å². The van der Waals surface area contributed by atoms with Crippen molar-refractivity contribution in [1.29, 1.82) is 0 Å². The maximum Gasteiger partial charge on any atom is 0.254 e. The Morgan fingerprint density at radius 3 is 2.42 bits per heavy atom. The van der Waals surface area contributed by atoms with E-state index in [1.165, 1.54) is 0 Å². The molecule has 3 rings (SSSR count). The lowest BCUT2D eigenvalue weighted by atomic mass is 10.1. The number of carbonyl (C=O) groups is 2. The second-order valence-corrected chi connectivity index (χ2v) is 7.91. The van der Waals surface area contributed by atoms with Crippen molar-refractivity contribution < 1.29 is 18.7 Å². The number of ether oxygens (including phenoxy) is 1. The number of methoxy groups -OCH3 is 1. The monoisotopic (exact) mass is 422 g/mol. The fraction of sp³-hybridized carbons (Fsp3) is 0.360. The van der Waals surface area contributed by atoms with Gasteiger partial charge in [-0.1, -0.05) is 30.3 Å². The molecule has 0 bridgehead atoms. The highest BCUT2D eigenvalue weighted by Gasteiger charge is 2.25. The third-order valence-corrected chi connectivity index (χ3v) is 5.25. The summed E-state index contributed by atoms with van der Waals surface area (Å²) in [6, 6.07) is 17.2. The molecule has 0 aliphatic rings. The number of nitrogens with zero attached hydrogens (tertiary/aromatic N) is 2. The Morgan fingerprint density at radius 1 is 1.03 bits per heavy atom. The molecule has 6 heteroatoms. The first kappa shape index (κ1) is 22.6. The Kier molecular flexibility index (Phi) is 7.47. The lowest BCUT2D eigenvalue weighted by molar-refractivity contribution is -0.133. The maximum atomic E-state index is 13.3. The molecule has 0 saturated heterocycles. The van der Waals surface area contributed by atoms with Crippen molar-refractivity contribution in [1.82, 2.24) is 9.80 Å². The number of hydrogen-bond donors (Lipinski definition) is 0. The summed E-state index contributed by atoms with van der Waals surface area (Å²) in [5, 5.41) is 2.07. The van der Waals surface area contributed by atoms with E-state index >= 15 is 0 Å². The van der Waals surface area contributed by atoms with Crippen LogP contribution in [0.5, 0.6) is 0 Å². The molecule has 1 aromatic heterocycles. The van der Waals surface area contributed by atoms with Crippen molar-refractivity contribution in [2.24, 2.45) is 0 Å². The van der Waals surface area contributed by atoms with Crippen LogP contribution < -0.4 is 0 Å². The van der Waals surface area contributed by atoms with Crippen LogP contribution in [-0.4, -0.2) is 54.5 Å². The van der Waals surface area contributed by atoms with Gasteiger partial charge in [-0.05, 0) is 55.8 Å². The number of fused-ring (bicyclic) bond motifs is 1. The molecule has 0 fully saturated rings. The number of amides is 2. The summed E-state index contributed by atoms with van der Waals surface area (Å²) in [4.78, 5) is 29.7. The summed E-state index contributed by atoms with van der Waals surface area (Å²) in [5.74, 6) is 1.20. The Morgan fingerprint density at radius 2 is 1.77 bits per heavy atom. The van der Waals surface area contributed by atoms with Gasteiger partial charge in [-0.3, -0.25) is 9.59 Å². The van der Waals surface area contributed by atoms with Crippen LogP contribution in [0.3, 0.4) is 0 Å². The minimum absolute atomic E-state index is 0.00721. The van der Waals surface area contributed by atoms with E-state index in [0.717, 1.165) is 16.5 Å². The molecule has 0 saturated carbocycles. The molecule has 0 aliphatic heterocycles. The molecular formula is C25H30N2O4. The zero-order valence-electron chi connectivity index (χ0n) is 18.6. The van der Waals surface area contributed by atoms with Crippen LogP contribution in [0.4, 0.5) is 0 Å². The molecule has 31 heavy (non-hydrogen) atoms. The average Bonchev–Trinajstić information content (AvgIpc) is 3.18. The predicted octanol–water partition coefficient (Wildman–Crippen LogP) is 4.27. The second-order valence-electron chi connectivity index (χ2n) is 7.91. The van der Waals surface area contributed by atoms with Crippen molar-refractivity contribution in [3.8, 4) is 0 Å². The van der Waals surface area contributed by atoms with Crippen molar-refractivity contribution in [2.45, 2.75) is 33.4 Å². The highest BCUT2D eigenvalue weighted by atomic mass is 16.5. The Balaban J connectivity index is 1.78. The zero-order chi connectivity index (χ0) is 22.4. The summed E-state index contributed by atoms with van der Waals surface area (Å²) >= 11 is 0. The summed E-state index contributed by atoms with van der Waals surface area (Å²) in [6.07, 6.45) is 0. The van der Waals surface area contributed by atoms with Crippen LogP contribution in [0, 0.1) is 6.92 Å². The molecular weight excluding hydrogens is 392 g/mol. The number of hydrogen-bond acceptors (Lipinski definition) is 4. The standard InChI is InChI=1S/C25H30N2O4/c1-18(2)27(25(29)22-11-10-20-7-5-6-8-21(20)15-22)17-24(28)26(13-14-30-4)16-23-12-9-19(3)31-23/h5-12,15,18H,13-14,16-17H2,1-4H3. The highest BCUT2D eigenvalue weighted by molar-refractivity contribution is 6.00. The van der Waals surface area contributed by atoms with E-state index in [1.54, 1.807) is 16.9 Å². The Hall–Kier alpha value is -3.12. The van der Waals surface area contributed by atoms with Crippen molar-refractivity contribution in [3.63, 3.8) is 0 Å². The van der Waals surface area contributed by atoms with E-state index in [0.29, 0.717) is 31.0 Å². The van der Waals surface area contributed by atoms with Crippen molar-refractivity contribution in [3.05, 3.63) is 71.7 Å². The molecule has 2 amide bonds. The largest absolute Gasteiger partial charge is 0.464 e. The van der Waals surface area contributed by atoms with Crippen molar-refractivity contribution in [2.75, 3.05) is 26.8 Å². The van der Waals surface area contributed by atoms with Crippen LogP contribution in [0.25, 0.3) is 10.8 Å². The molecule has 0 aliphatic carbocycles. The third kappa shape index (κ3) is 5.73. The van der Waals surface area contributed by atoms with Crippen LogP contribution >= 0.6 is 0 Å². The molecule has 164 valence electrons. The average molecular weight is 423 g/mol. The molecule has 0 radical (unpaired) electrons. The summed E-state index contributed by atoms with van der Waals surface area (Å²) in [7, 11) is 1.60. The van der Waals surface area contributed by atoms with E-state index in [-0.39, 0.29) is 24.4 Å². The number of furan rings is 1. The smallest absolute Gasteiger partial charge is 0.254 e. The fourth-order valence-electron chi connectivity index (χ4n) is 3.47. The van der Waals surface area contributed by atoms with Gasteiger partial charge in [0.2, 0.25) is 5.91 Å². The van der Waals surface area contributed by atoms with Crippen molar-refractivity contribution >= 4 is 22.6 Å². The predicted molar refractivity (Wildman–Crippen MR) is 121 cm³/mol. The second kappa shape index (κ2) is 10.3. The lowest BCUT2D eigenvalue weighted by Gasteiger charge is -2.30. The lowest BCUT2D eigenvalue weighted by Crippen LogP contribution is -2.46. The minimum Gasteiger partial charge on any atom is -0.464 e. The first-order valence-corrected chi connectivity index (χ1v) is 10.5. The molecule has 0 spiro atoms. The molecule has 6 nitrogen and oxygen atoms in total. The molecule has 2 aromatic carbocycles. The van der Waals surface area contributed by atoms with Gasteiger partial charge in [0.25, 0.3) is 5.91 Å². The van der Waals surface area contributed by atoms with E-state index in [1.807, 2.05) is 75.4 Å². The van der Waals surface area contributed by atoms with Crippen LogP contribution in [0.2, 0.25) is 0 Å². The van der Waals surface area contributed by atoms with Gasteiger partial charge >= 0.3 is 0 Å². The number of aryl methyl sites for hydroxylation is 1. The Labute approximate surface area is 183 Å². The number of benzene rings is 2. The van der Waals surface area contributed by atoms with Crippen LogP contribution in [0.15, 0.2) is 59.0 Å². The van der Waals surface area contributed by atoms with Gasteiger partial charge < -0.3 is 19.0 Å². The highest BCUT2D eigenvalue weighted by Crippen LogP contribution is 2.18. The third-order valence-electron chi connectivity index (χ3n) is 5.25. The van der Waals surface area contributed by atoms with Gasteiger partial charge in [0.05, 0.1) is 13.2 Å². The molecule has 0 atom stereocenters. The zero-order valence-corrected chi connectivity index (χ0v) is 18.6. The van der Waals surface area contributed by atoms with E-state index in [2.05, 4.69) is 0 Å². The first-order valence-electron chi connectivity index (χ1n) is 10.5. The molecule has 3 aromatic rings. The van der Waals surface area contributed by atoms with Gasteiger partial charge in [-0.2, -0.15) is 0 Å². The summed E-state index contributed by atoms with van der Waals surface area (Å²) < 4.78 is 10.8. The quantitative estimate of drug-likeness (QED) is 0.517. The van der Waals surface area contributed by atoms with E-state index in [4.69, 9.17) is 9.15 Å². The number of carbonyl (C=O) groups excluding carboxylic acids is 2. The summed E-state index contributed by atoms with van der Waals surface area (Å²) in [5.41, 5.74) is 0.574. The van der Waals surface area contributed by atoms with Gasteiger partial charge in [0.1, 0.15) is 18.1 Å². The van der Waals surface area contributed by atoms with Gasteiger partial charge in [-0.15, -0.1) is 0 Å². The minimum atomic E-state index is -0.158. The SMILES string of the molecule is COCCN(Cc1ccc(C)o1)C(=O)CN(C(=O)c1ccc2ccccc2c1)C(C)C. The van der Waals surface area contributed by atoms with E-state index in [9.17, 15) is 9.59 Å². The molecule has 1 heterocycles. The topological polar surface area (TPSA) is 63.0 Å². The first-order chi connectivity index (χ1) is 14.9. The summed E-state index contributed by atoms with van der Waals surface area (Å²) in [6.45, 7) is 6.87.